The van der Waals surface area contributed by atoms with Crippen LogP contribution in [0.3, 0.4) is 0 Å². The Balaban J connectivity index is 1.91. The topological polar surface area (TPSA) is 179 Å². The minimum absolute atomic E-state index is 0.136. The van der Waals surface area contributed by atoms with Crippen LogP contribution >= 0.6 is 11.8 Å². The minimum atomic E-state index is -1.17. The zero-order chi connectivity index (χ0) is 42.9. The Hall–Kier alpha value is -6.49. The first-order chi connectivity index (χ1) is 28.3. The molecule has 4 aromatic carbocycles. The van der Waals surface area contributed by atoms with Crippen LogP contribution < -0.4 is 47.4 Å². The van der Waals surface area contributed by atoms with Gasteiger partial charge in [-0.1, -0.05) is 36.0 Å². The van der Waals surface area contributed by atoms with Crippen LogP contribution in [0.4, 0.5) is 0 Å². The maximum atomic E-state index is 12.3. The summed E-state index contributed by atoms with van der Waals surface area (Å²) in [5.41, 5.74) is -2.34. The van der Waals surface area contributed by atoms with Crippen molar-refractivity contribution >= 4 is 35.6 Å². The van der Waals surface area contributed by atoms with Gasteiger partial charge >= 0.3 is 23.9 Å². The van der Waals surface area contributed by atoms with E-state index in [1.54, 1.807) is 48.5 Å². The maximum absolute atomic E-state index is 12.3. The molecule has 4 atom stereocenters. The third-order valence-electron chi connectivity index (χ3n) is 7.75. The number of hydrogen-bond donors (Lipinski definition) is 0. The minimum Gasteiger partial charge on any atom is -0.493 e. The van der Waals surface area contributed by atoms with Crippen LogP contribution in [0, 0.1) is 0 Å². The number of methoxy groups -OCH3 is 4. The molecule has 0 fully saturated rings. The molecule has 0 aliphatic heterocycles. The molecule has 0 aliphatic rings. The number of esters is 4. The van der Waals surface area contributed by atoms with Crippen molar-refractivity contribution in [2.75, 3.05) is 41.7 Å². The second-order valence-electron chi connectivity index (χ2n) is 12.1. The van der Waals surface area contributed by atoms with Gasteiger partial charge in [0, 0.05) is 39.8 Å². The molecule has 316 valence electrons. The van der Waals surface area contributed by atoms with Gasteiger partial charge in [-0.25, -0.2) is 0 Å². The van der Waals surface area contributed by atoms with Crippen LogP contribution in [0.2, 0.25) is 0 Å². The lowest BCUT2D eigenvalue weighted by atomic mass is 10.3. The molecule has 0 aliphatic carbocycles. The Morgan fingerprint density at radius 1 is 0.441 bits per heavy atom. The number of ether oxygens (including phenoxy) is 12. The predicted octanol–water partition coefficient (Wildman–Crippen LogP) is 6.44. The number of rotatable bonds is 22. The van der Waals surface area contributed by atoms with Crippen molar-refractivity contribution in [1.29, 1.82) is 0 Å². The molecule has 0 spiro atoms. The summed E-state index contributed by atoms with van der Waals surface area (Å²) in [5.74, 6) is 0.00892. The van der Waals surface area contributed by atoms with Crippen molar-refractivity contribution in [2.24, 2.45) is 0 Å². The lowest BCUT2D eigenvalue weighted by Crippen LogP contribution is -2.45. The molecule has 0 saturated heterocycles. The van der Waals surface area contributed by atoms with E-state index in [-0.39, 0.29) is 59.2 Å². The fraction of sp³-hybridized carbons (Fsp3) is 0.333. The van der Waals surface area contributed by atoms with Crippen molar-refractivity contribution in [3.63, 3.8) is 0 Å². The summed E-state index contributed by atoms with van der Waals surface area (Å²) in [6.07, 6.45) is -2.24. The molecular weight excluding hydrogens is 793 g/mol. The monoisotopic (exact) mass is 838 g/mol. The molecule has 17 heteroatoms. The Kier molecular flexibility index (Phi) is 17.2. The lowest BCUT2D eigenvalue weighted by molar-refractivity contribution is -0.144. The third kappa shape index (κ3) is 13.8. The van der Waals surface area contributed by atoms with Crippen molar-refractivity contribution in [1.82, 2.24) is 0 Å². The zero-order valence-corrected chi connectivity index (χ0v) is 34.6. The van der Waals surface area contributed by atoms with E-state index in [0.29, 0.717) is 11.5 Å². The lowest BCUT2D eigenvalue weighted by Gasteiger charge is -2.34. The molecule has 4 aromatic rings. The van der Waals surface area contributed by atoms with Crippen molar-refractivity contribution < 1.29 is 76.0 Å². The van der Waals surface area contributed by atoms with Gasteiger partial charge in [0.15, 0.2) is 69.1 Å². The van der Waals surface area contributed by atoms with E-state index in [2.05, 4.69) is 0 Å². The summed E-state index contributed by atoms with van der Waals surface area (Å²) in [7, 11) is 5.74. The standard InChI is InChI=1S/C42H46O16S/c1-25(43)51-23-39(57-33-15-11-9-13-31(33)47-5)41(55-29-17-19-35(53-27(3)45)37(21-29)49-7)59-42(56-30-18-20-36(54-28(4)46)38(22-30)50-8)40(24-52-26(2)44)58-34-16-12-10-14-32(34)48-6/h9-22,39-42H,23-24H2,1-8H3. The van der Waals surface area contributed by atoms with E-state index in [4.69, 9.17) is 56.8 Å². The van der Waals surface area contributed by atoms with Gasteiger partial charge in [0.1, 0.15) is 24.7 Å². The molecule has 16 nitrogen and oxygen atoms in total. The number of hydrogen-bond acceptors (Lipinski definition) is 17. The van der Waals surface area contributed by atoms with Crippen molar-refractivity contribution in [3.8, 4) is 57.5 Å². The number of carbonyl (C=O) groups excluding carboxylic acids is 4. The summed E-state index contributed by atoms with van der Waals surface area (Å²) in [6.45, 7) is 4.32. The third-order valence-corrected chi connectivity index (χ3v) is 9.09. The van der Waals surface area contributed by atoms with E-state index in [1.165, 1.54) is 92.5 Å². The van der Waals surface area contributed by atoms with Crippen LogP contribution in [0.5, 0.6) is 57.5 Å². The van der Waals surface area contributed by atoms with Gasteiger partial charge in [-0.3, -0.25) is 19.2 Å². The molecule has 0 radical (unpaired) electrons. The molecule has 0 bridgehead atoms. The van der Waals surface area contributed by atoms with Gasteiger partial charge in [-0.05, 0) is 48.5 Å². The van der Waals surface area contributed by atoms with E-state index < -0.39 is 47.0 Å². The van der Waals surface area contributed by atoms with Crippen LogP contribution in [0.15, 0.2) is 84.9 Å². The SMILES string of the molecule is COc1cc(OC(SC(Oc2ccc(OC(C)=O)c(OC)c2)C(COC(C)=O)Oc2ccccc2OC)C(COC(C)=O)Oc2ccccc2OC)ccc1OC(C)=O. The Bertz CT molecular complexity index is 1890. The van der Waals surface area contributed by atoms with Gasteiger partial charge in [-0.2, -0.15) is 0 Å². The highest BCUT2D eigenvalue weighted by atomic mass is 32.2. The second-order valence-corrected chi connectivity index (χ2v) is 13.3. The summed E-state index contributed by atoms with van der Waals surface area (Å²) in [4.78, 5) is 48.2. The smallest absolute Gasteiger partial charge is 0.308 e. The highest BCUT2D eigenvalue weighted by Gasteiger charge is 2.38. The first-order valence-electron chi connectivity index (χ1n) is 17.9. The van der Waals surface area contributed by atoms with E-state index >= 15 is 0 Å². The summed E-state index contributed by atoms with van der Waals surface area (Å²) >= 11 is 1.01. The summed E-state index contributed by atoms with van der Waals surface area (Å²) < 4.78 is 70.0. The molecule has 0 aromatic heterocycles. The average Bonchev–Trinajstić information content (AvgIpc) is 3.21. The first kappa shape index (κ1) is 45.2. The highest BCUT2D eigenvalue weighted by molar-refractivity contribution is 8.00. The largest absolute Gasteiger partial charge is 0.493 e. The first-order valence-corrected chi connectivity index (χ1v) is 18.9. The van der Waals surface area contributed by atoms with Crippen LogP contribution in [0.25, 0.3) is 0 Å². The fourth-order valence-electron chi connectivity index (χ4n) is 5.20. The van der Waals surface area contributed by atoms with Gasteiger partial charge < -0.3 is 56.8 Å². The van der Waals surface area contributed by atoms with Gasteiger partial charge in [0.2, 0.25) is 0 Å². The fourth-order valence-corrected chi connectivity index (χ4v) is 6.41. The number of carbonyl (C=O) groups is 4. The molecule has 0 heterocycles. The van der Waals surface area contributed by atoms with Crippen molar-refractivity contribution in [2.45, 2.75) is 50.8 Å². The Labute approximate surface area is 345 Å². The Morgan fingerprint density at radius 2 is 0.797 bits per heavy atom. The predicted molar refractivity (Wildman–Crippen MR) is 213 cm³/mol. The average molecular weight is 839 g/mol. The molecule has 0 amide bonds. The van der Waals surface area contributed by atoms with Crippen LogP contribution in [0.1, 0.15) is 27.7 Å². The Morgan fingerprint density at radius 3 is 1.12 bits per heavy atom. The number of thioether (sulfide) groups is 1. The molecule has 59 heavy (non-hydrogen) atoms. The highest BCUT2D eigenvalue weighted by Crippen LogP contribution is 2.39. The van der Waals surface area contributed by atoms with Crippen molar-refractivity contribution in [3.05, 3.63) is 84.9 Å². The van der Waals surface area contributed by atoms with Gasteiger partial charge in [-0.15, -0.1) is 0 Å². The van der Waals surface area contributed by atoms with Crippen LogP contribution in [-0.4, -0.2) is 88.6 Å². The van der Waals surface area contributed by atoms with Gasteiger partial charge in [0.05, 0.1) is 28.4 Å². The van der Waals surface area contributed by atoms with E-state index in [1.807, 2.05) is 0 Å². The second kappa shape index (κ2) is 22.4. The normalized spacial score (nSPS) is 12.6. The van der Waals surface area contributed by atoms with E-state index in [0.717, 1.165) is 11.8 Å². The quantitative estimate of drug-likeness (QED) is 0.0479. The van der Waals surface area contributed by atoms with Gasteiger partial charge in [0.25, 0.3) is 0 Å². The molecular formula is C42H46O16S. The molecule has 0 saturated carbocycles. The zero-order valence-electron chi connectivity index (χ0n) is 33.7. The summed E-state index contributed by atoms with van der Waals surface area (Å²) in [6, 6.07) is 22.7. The maximum Gasteiger partial charge on any atom is 0.308 e. The molecule has 4 unspecified atom stereocenters. The molecule has 0 N–H and O–H groups in total. The number of para-hydroxylation sites is 4. The molecule has 4 rings (SSSR count). The van der Waals surface area contributed by atoms with E-state index in [9.17, 15) is 19.2 Å². The summed E-state index contributed by atoms with van der Waals surface area (Å²) in [5, 5.41) is 0. The number of benzene rings is 4. The van der Waals surface area contributed by atoms with Crippen LogP contribution in [-0.2, 0) is 28.7 Å².